The predicted octanol–water partition coefficient (Wildman–Crippen LogP) is 2.48. The van der Waals surface area contributed by atoms with Gasteiger partial charge in [0.1, 0.15) is 0 Å². The van der Waals surface area contributed by atoms with Gasteiger partial charge in [0.25, 0.3) is 5.56 Å². The topological polar surface area (TPSA) is 42.0 Å². The lowest BCUT2D eigenvalue weighted by Gasteiger charge is -2.07. The highest BCUT2D eigenvalue weighted by atomic mass is 32.1. The summed E-state index contributed by atoms with van der Waals surface area (Å²) in [6, 6.07) is 7.81. The fraction of sp³-hybridized carbons (Fsp3) is 0.273. The molecular formula is C11H12N2OS. The highest BCUT2D eigenvalue weighted by molar-refractivity contribution is 7.21. The van der Waals surface area contributed by atoms with Gasteiger partial charge in [0.2, 0.25) is 0 Å². The van der Waals surface area contributed by atoms with E-state index in [4.69, 9.17) is 0 Å². The number of nitrogens with zero attached hydrogens (tertiary/aromatic N) is 1. The second-order valence-corrected chi connectivity index (χ2v) is 4.65. The molecule has 78 valence electrons. The Morgan fingerprint density at radius 3 is 2.80 bits per heavy atom. The van der Waals surface area contributed by atoms with Crippen molar-refractivity contribution in [3.63, 3.8) is 0 Å². The Bertz CT molecular complexity index is 533. The molecule has 0 amide bonds. The van der Waals surface area contributed by atoms with Crippen LogP contribution in [0.5, 0.6) is 0 Å². The molecule has 15 heavy (non-hydrogen) atoms. The Balaban J connectivity index is 2.57. The van der Waals surface area contributed by atoms with Gasteiger partial charge >= 0.3 is 0 Å². The molecule has 0 fully saturated rings. The Kier molecular flexibility index (Phi) is 2.68. The van der Waals surface area contributed by atoms with Gasteiger partial charge < -0.3 is 5.32 Å². The maximum atomic E-state index is 11.6. The monoisotopic (exact) mass is 220 g/mol. The fourth-order valence-electron chi connectivity index (χ4n) is 1.32. The minimum absolute atomic E-state index is 0.160. The van der Waals surface area contributed by atoms with Crippen molar-refractivity contribution in [2.45, 2.75) is 19.9 Å². The molecule has 0 spiro atoms. The third-order valence-corrected chi connectivity index (χ3v) is 2.92. The highest BCUT2D eigenvalue weighted by Crippen LogP contribution is 2.20. The van der Waals surface area contributed by atoms with Crippen molar-refractivity contribution in [3.05, 3.63) is 34.6 Å². The van der Waals surface area contributed by atoms with Crippen molar-refractivity contribution in [2.24, 2.45) is 0 Å². The summed E-state index contributed by atoms with van der Waals surface area (Å²) in [5.41, 5.74) is -0.160. The third kappa shape index (κ3) is 2.15. The SMILES string of the molecule is CC(C)Nc1nc(=O)c2ccccc2s1. The van der Waals surface area contributed by atoms with E-state index in [-0.39, 0.29) is 11.6 Å². The van der Waals surface area contributed by atoms with Crippen molar-refractivity contribution >= 4 is 26.6 Å². The van der Waals surface area contributed by atoms with E-state index in [0.717, 1.165) is 4.70 Å². The van der Waals surface area contributed by atoms with Gasteiger partial charge in [-0.05, 0) is 26.0 Å². The largest absolute Gasteiger partial charge is 0.359 e. The number of hydrogen-bond acceptors (Lipinski definition) is 4. The second-order valence-electron chi connectivity index (χ2n) is 3.62. The molecule has 0 aliphatic heterocycles. The van der Waals surface area contributed by atoms with E-state index < -0.39 is 0 Å². The molecule has 0 aliphatic rings. The number of rotatable bonds is 2. The van der Waals surface area contributed by atoms with E-state index in [0.29, 0.717) is 10.5 Å². The molecular weight excluding hydrogens is 208 g/mol. The van der Waals surface area contributed by atoms with Crippen LogP contribution in [-0.4, -0.2) is 11.0 Å². The molecule has 1 aromatic carbocycles. The molecule has 2 rings (SSSR count). The first-order chi connectivity index (χ1) is 7.16. The van der Waals surface area contributed by atoms with Gasteiger partial charge in [0.15, 0.2) is 5.13 Å². The molecule has 2 aromatic rings. The van der Waals surface area contributed by atoms with Gasteiger partial charge in [0.05, 0.1) is 5.39 Å². The quantitative estimate of drug-likeness (QED) is 0.845. The van der Waals surface area contributed by atoms with Crippen molar-refractivity contribution in [2.75, 3.05) is 5.32 Å². The van der Waals surface area contributed by atoms with E-state index >= 15 is 0 Å². The maximum Gasteiger partial charge on any atom is 0.281 e. The van der Waals surface area contributed by atoms with Crippen LogP contribution < -0.4 is 10.9 Å². The number of aromatic nitrogens is 1. The van der Waals surface area contributed by atoms with Crippen LogP contribution in [0.4, 0.5) is 5.13 Å². The predicted molar refractivity (Wildman–Crippen MR) is 64.6 cm³/mol. The molecule has 1 N–H and O–H groups in total. The summed E-state index contributed by atoms with van der Waals surface area (Å²) >= 11 is 1.51. The molecule has 0 unspecified atom stereocenters. The molecule has 3 nitrogen and oxygen atoms in total. The van der Waals surface area contributed by atoms with Crippen LogP contribution in [0.2, 0.25) is 0 Å². The normalized spacial score (nSPS) is 10.9. The van der Waals surface area contributed by atoms with Crippen LogP contribution in [0, 0.1) is 0 Å². The van der Waals surface area contributed by atoms with E-state index in [1.807, 2.05) is 32.0 Å². The van der Waals surface area contributed by atoms with Gasteiger partial charge in [-0.25, -0.2) is 0 Å². The molecule has 1 aromatic heterocycles. The van der Waals surface area contributed by atoms with Crippen LogP contribution in [0.15, 0.2) is 29.1 Å². The van der Waals surface area contributed by atoms with Crippen molar-refractivity contribution < 1.29 is 0 Å². The van der Waals surface area contributed by atoms with Crippen molar-refractivity contribution in [1.29, 1.82) is 0 Å². The van der Waals surface area contributed by atoms with E-state index in [1.54, 1.807) is 6.07 Å². The second kappa shape index (κ2) is 3.98. The van der Waals surface area contributed by atoms with Gasteiger partial charge in [0, 0.05) is 10.7 Å². The molecule has 0 radical (unpaired) electrons. The summed E-state index contributed by atoms with van der Waals surface area (Å²) in [7, 11) is 0. The summed E-state index contributed by atoms with van der Waals surface area (Å²) in [6.45, 7) is 4.04. The highest BCUT2D eigenvalue weighted by Gasteiger charge is 2.04. The van der Waals surface area contributed by atoms with Crippen LogP contribution >= 0.6 is 11.3 Å². The number of hydrogen-bond donors (Lipinski definition) is 1. The number of benzene rings is 1. The number of anilines is 1. The number of nitrogens with one attached hydrogen (secondary N) is 1. The van der Waals surface area contributed by atoms with E-state index in [1.165, 1.54) is 11.3 Å². The van der Waals surface area contributed by atoms with Crippen LogP contribution in [-0.2, 0) is 0 Å². The molecule has 0 bridgehead atoms. The summed E-state index contributed by atoms with van der Waals surface area (Å²) in [6.07, 6.45) is 0. The Morgan fingerprint density at radius 1 is 1.33 bits per heavy atom. The Labute approximate surface area is 91.8 Å². The lowest BCUT2D eigenvalue weighted by molar-refractivity contribution is 0.894. The lowest BCUT2D eigenvalue weighted by atomic mass is 10.3. The number of fused-ring (bicyclic) bond motifs is 1. The fourth-order valence-corrected chi connectivity index (χ4v) is 2.36. The molecule has 0 saturated heterocycles. The summed E-state index contributed by atoms with van der Waals surface area (Å²) in [5.74, 6) is 0. The first kappa shape index (κ1) is 10.1. The van der Waals surface area contributed by atoms with Crippen molar-refractivity contribution in [1.82, 2.24) is 4.98 Å². The lowest BCUT2D eigenvalue weighted by Crippen LogP contribution is -2.14. The molecule has 1 heterocycles. The van der Waals surface area contributed by atoms with Crippen molar-refractivity contribution in [3.8, 4) is 0 Å². The summed E-state index contributed by atoms with van der Waals surface area (Å²) < 4.78 is 0.973. The molecule has 4 heteroatoms. The maximum absolute atomic E-state index is 11.6. The first-order valence-electron chi connectivity index (χ1n) is 4.83. The first-order valence-corrected chi connectivity index (χ1v) is 5.65. The van der Waals surface area contributed by atoms with Crippen LogP contribution in [0.1, 0.15) is 13.8 Å². The molecule has 0 atom stereocenters. The zero-order valence-corrected chi connectivity index (χ0v) is 9.47. The Morgan fingerprint density at radius 2 is 2.07 bits per heavy atom. The molecule has 0 saturated carbocycles. The zero-order chi connectivity index (χ0) is 10.8. The van der Waals surface area contributed by atoms with Gasteiger partial charge in [-0.1, -0.05) is 23.5 Å². The van der Waals surface area contributed by atoms with Crippen LogP contribution in [0.3, 0.4) is 0 Å². The smallest absolute Gasteiger partial charge is 0.281 e. The minimum atomic E-state index is -0.160. The zero-order valence-electron chi connectivity index (χ0n) is 8.65. The minimum Gasteiger partial charge on any atom is -0.359 e. The summed E-state index contributed by atoms with van der Waals surface area (Å²) in [4.78, 5) is 15.6. The van der Waals surface area contributed by atoms with Gasteiger partial charge in [-0.2, -0.15) is 4.98 Å². The standard InChI is InChI=1S/C11H12N2OS/c1-7(2)12-11-13-10(14)8-5-3-4-6-9(8)15-11/h3-7H,1-2H3,(H,12,13,14). The summed E-state index contributed by atoms with van der Waals surface area (Å²) in [5, 5.41) is 4.53. The average Bonchev–Trinajstić information content (AvgIpc) is 2.16. The van der Waals surface area contributed by atoms with E-state index in [2.05, 4.69) is 10.3 Å². The molecule has 0 aliphatic carbocycles. The van der Waals surface area contributed by atoms with Gasteiger partial charge in [-0.15, -0.1) is 0 Å². The average molecular weight is 220 g/mol. The van der Waals surface area contributed by atoms with Gasteiger partial charge in [-0.3, -0.25) is 4.79 Å². The van der Waals surface area contributed by atoms with Crippen LogP contribution in [0.25, 0.3) is 10.1 Å². The Hall–Kier alpha value is -1.42. The third-order valence-electron chi connectivity index (χ3n) is 1.94. The van der Waals surface area contributed by atoms with E-state index in [9.17, 15) is 4.79 Å².